The first-order chi connectivity index (χ1) is 10.0. The molecule has 0 amide bonds. The fourth-order valence-corrected chi connectivity index (χ4v) is 10.3. The Morgan fingerprint density at radius 2 is 0.810 bits per heavy atom. The van der Waals surface area contributed by atoms with Crippen LogP contribution in [0.25, 0.3) is 0 Å². The maximum absolute atomic E-state index is 2.85. The third-order valence-corrected chi connectivity index (χ3v) is 14.5. The molecule has 5 heteroatoms. The highest BCUT2D eigenvalue weighted by atomic mass is 127. The number of halogens is 2. The summed E-state index contributed by atoms with van der Waals surface area (Å²) in [7, 11) is 0. The Hall–Kier alpha value is 1.60. The molecule has 0 spiro atoms. The van der Waals surface area contributed by atoms with Crippen LogP contribution in [0.2, 0.25) is 0 Å². The van der Waals surface area contributed by atoms with Crippen molar-refractivity contribution >= 4 is 47.0 Å². The van der Waals surface area contributed by atoms with Gasteiger partial charge in [0.25, 0.3) is 0 Å². The van der Waals surface area contributed by atoms with E-state index in [-0.39, 0.29) is 0 Å². The number of nitrogens with zero attached hydrogens (tertiary/aromatic N) is 2. The van der Waals surface area contributed by atoms with Crippen LogP contribution < -0.4 is 0 Å². The Balaban J connectivity index is 4.84. The van der Waals surface area contributed by atoms with Gasteiger partial charge in [0.2, 0.25) is 0 Å². The lowest BCUT2D eigenvalue weighted by molar-refractivity contribution is 0.338. The summed E-state index contributed by atoms with van der Waals surface area (Å²) in [6.07, 6.45) is 10.6. The first-order valence-electron chi connectivity index (χ1n) is 8.92. The molecule has 128 valence electrons. The lowest BCUT2D eigenvalue weighted by Gasteiger charge is -2.41. The molecule has 0 aromatic rings. The van der Waals surface area contributed by atoms with Crippen molar-refractivity contribution in [2.24, 2.45) is 0 Å². The zero-order chi connectivity index (χ0) is 16.1. The van der Waals surface area contributed by atoms with Crippen molar-refractivity contribution in [2.45, 2.75) is 79.1 Å². The molecular formula is C16H36I2N2Si. The van der Waals surface area contributed by atoms with Crippen LogP contribution in [0.15, 0.2) is 0 Å². The molecule has 0 bridgehead atoms. The van der Waals surface area contributed by atoms with Crippen LogP contribution in [0.5, 0.6) is 0 Å². The summed E-state index contributed by atoms with van der Waals surface area (Å²) in [6, 6.07) is 0. The quantitative estimate of drug-likeness (QED) is 0.150. The van der Waals surface area contributed by atoms with E-state index in [1.807, 2.05) is 0 Å². The van der Waals surface area contributed by atoms with Gasteiger partial charge in [0, 0.05) is 0 Å². The van der Waals surface area contributed by atoms with E-state index in [9.17, 15) is 0 Å². The molecule has 0 unspecified atom stereocenters. The third-order valence-electron chi connectivity index (χ3n) is 3.89. The van der Waals surface area contributed by atoms with Gasteiger partial charge in [-0.3, -0.25) is 9.13 Å². The van der Waals surface area contributed by atoms with E-state index in [2.05, 4.69) is 80.4 Å². The van der Waals surface area contributed by atoms with Crippen molar-refractivity contribution in [3.63, 3.8) is 0 Å². The average molecular weight is 538 g/mol. The predicted octanol–water partition coefficient (Wildman–Crippen LogP) is 6.10. The van der Waals surface area contributed by atoms with Gasteiger partial charge in [0.05, 0.1) is 0 Å². The molecule has 0 saturated carbocycles. The Morgan fingerprint density at radius 1 is 0.571 bits per heavy atom. The smallest absolute Gasteiger partial charge is 0.296 e. The molecule has 0 aromatic carbocycles. The summed E-state index contributed by atoms with van der Waals surface area (Å²) < 4.78 is 4.20. The number of unbranched alkanes of at least 4 members (excludes halogenated alkanes) is 4. The average Bonchev–Trinajstić information content (AvgIpc) is 2.47. The molecule has 0 aliphatic carbocycles. The fourth-order valence-electron chi connectivity index (χ4n) is 2.36. The van der Waals surface area contributed by atoms with Gasteiger partial charge in [-0.05, 0) is 51.9 Å². The second-order valence-corrected chi connectivity index (χ2v) is 23.4. The van der Waals surface area contributed by atoms with Crippen LogP contribution in [0, 0.1) is 0 Å². The van der Waals surface area contributed by atoms with Crippen molar-refractivity contribution < 1.29 is 0 Å². The van der Waals surface area contributed by atoms with Crippen LogP contribution in [-0.4, -0.2) is 38.7 Å². The maximum Gasteiger partial charge on any atom is 0.343 e. The van der Waals surface area contributed by atoms with Gasteiger partial charge < -0.3 is 0 Å². The zero-order valence-corrected chi connectivity index (χ0v) is 20.0. The van der Waals surface area contributed by atoms with Crippen LogP contribution in [0.3, 0.4) is 0 Å². The van der Waals surface area contributed by atoms with Crippen molar-refractivity contribution in [2.75, 3.05) is 26.2 Å². The van der Waals surface area contributed by atoms with Gasteiger partial charge in [0.1, 0.15) is 0 Å². The molecule has 0 aliphatic heterocycles. The molecule has 21 heavy (non-hydrogen) atoms. The SMILES string of the molecule is CCCCN(CCCC)[Si](I)(I)N(CCCC)CCCC. The maximum atomic E-state index is 2.85. The van der Waals surface area contributed by atoms with Crippen molar-refractivity contribution in [1.82, 2.24) is 9.13 Å². The Labute approximate surface area is 160 Å². The molecule has 0 atom stereocenters. The Kier molecular flexibility index (Phi) is 15.0. The van der Waals surface area contributed by atoms with Crippen molar-refractivity contribution in [1.29, 1.82) is 0 Å². The van der Waals surface area contributed by atoms with Crippen LogP contribution in [-0.2, 0) is 0 Å². The van der Waals surface area contributed by atoms with Crippen molar-refractivity contribution in [3.8, 4) is 0 Å². The lowest BCUT2D eigenvalue weighted by atomic mass is 10.3. The van der Waals surface area contributed by atoms with Gasteiger partial charge in [-0.25, -0.2) is 0 Å². The normalized spacial score (nSPS) is 12.6. The van der Waals surface area contributed by atoms with E-state index in [1.54, 1.807) is 0 Å². The molecule has 0 rings (SSSR count). The summed E-state index contributed by atoms with van der Waals surface area (Å²) >= 11 is 5.67. The van der Waals surface area contributed by atoms with Gasteiger partial charge in [0.15, 0.2) is 0 Å². The van der Waals surface area contributed by atoms with E-state index in [0.717, 1.165) is 0 Å². The molecular weight excluding hydrogens is 502 g/mol. The molecule has 0 N–H and O–H groups in total. The monoisotopic (exact) mass is 538 g/mol. The molecule has 0 radical (unpaired) electrons. The standard InChI is InChI=1S/C16H36I2N2Si/c1-5-9-13-19(14-10-6-2)21(17,18)20(15-11-7-3)16-12-8-4/h5-16H2,1-4H3. The molecule has 0 aliphatic rings. The molecule has 0 aromatic heterocycles. The summed E-state index contributed by atoms with van der Waals surface area (Å²) in [4.78, 5) is 0. The number of rotatable bonds is 14. The molecule has 0 heterocycles. The van der Waals surface area contributed by atoms with E-state index >= 15 is 0 Å². The minimum absolute atomic E-state index is 1.29. The van der Waals surface area contributed by atoms with Gasteiger partial charge in [-0.15, -0.1) is 0 Å². The van der Waals surface area contributed by atoms with Crippen LogP contribution in [0.4, 0.5) is 0 Å². The van der Waals surface area contributed by atoms with E-state index in [1.165, 1.54) is 77.5 Å². The lowest BCUT2D eigenvalue weighted by Crippen LogP contribution is -2.58. The van der Waals surface area contributed by atoms with E-state index in [0.29, 0.717) is 0 Å². The minimum atomic E-state index is -1.50. The summed E-state index contributed by atoms with van der Waals surface area (Å²) in [5.41, 5.74) is 0. The van der Waals surface area contributed by atoms with Gasteiger partial charge in [-0.2, -0.15) is 0 Å². The van der Waals surface area contributed by atoms with Crippen molar-refractivity contribution in [3.05, 3.63) is 0 Å². The number of hydrogen-bond acceptors (Lipinski definition) is 2. The van der Waals surface area contributed by atoms with E-state index in [4.69, 9.17) is 0 Å². The summed E-state index contributed by atoms with van der Waals surface area (Å²) in [5, 5.41) is 0. The largest absolute Gasteiger partial charge is 0.343 e. The van der Waals surface area contributed by atoms with Crippen LogP contribution >= 0.6 is 43.6 Å². The van der Waals surface area contributed by atoms with Crippen LogP contribution in [0.1, 0.15) is 79.1 Å². The van der Waals surface area contributed by atoms with Gasteiger partial charge >= 0.3 is 3.39 Å². The fraction of sp³-hybridized carbons (Fsp3) is 1.00. The highest BCUT2D eigenvalue weighted by Crippen LogP contribution is 2.32. The Morgan fingerprint density at radius 3 is 1.00 bits per heavy atom. The highest BCUT2D eigenvalue weighted by molar-refractivity contribution is 14.3. The summed E-state index contributed by atoms with van der Waals surface area (Å²) in [6.45, 7) is 14.4. The van der Waals surface area contributed by atoms with Gasteiger partial charge in [-0.1, -0.05) is 97.0 Å². The first-order valence-corrected chi connectivity index (χ1v) is 17.0. The Bertz CT molecular complexity index is 202. The third kappa shape index (κ3) is 9.47. The topological polar surface area (TPSA) is 6.48 Å². The number of hydrogen-bond donors (Lipinski definition) is 0. The first kappa shape index (κ1) is 22.6. The molecule has 0 fully saturated rings. The zero-order valence-electron chi connectivity index (χ0n) is 14.6. The molecule has 2 nitrogen and oxygen atoms in total. The summed E-state index contributed by atoms with van der Waals surface area (Å²) in [5.74, 6) is 0. The van der Waals surface area contributed by atoms with E-state index < -0.39 is 3.39 Å². The minimum Gasteiger partial charge on any atom is -0.296 e. The second-order valence-electron chi connectivity index (χ2n) is 5.90. The molecule has 0 saturated heterocycles. The second kappa shape index (κ2) is 14.0. The highest BCUT2D eigenvalue weighted by Gasteiger charge is 2.40. The predicted molar refractivity (Wildman–Crippen MR) is 117 cm³/mol.